The number of hydrogen-bond acceptors (Lipinski definition) is 5. The molecule has 2 atom stereocenters. The highest BCUT2D eigenvalue weighted by molar-refractivity contribution is 5.92. The Labute approximate surface area is 112 Å². The zero-order valence-electron chi connectivity index (χ0n) is 11.6. The van der Waals surface area contributed by atoms with E-state index in [1.54, 1.807) is 18.0 Å². The molecule has 1 aromatic heterocycles. The van der Waals surface area contributed by atoms with Crippen LogP contribution >= 0.6 is 0 Å². The summed E-state index contributed by atoms with van der Waals surface area (Å²) in [4.78, 5) is 12.0. The van der Waals surface area contributed by atoms with Gasteiger partial charge < -0.3 is 15.8 Å². The van der Waals surface area contributed by atoms with Crippen molar-refractivity contribution in [2.75, 3.05) is 13.7 Å². The molecule has 19 heavy (non-hydrogen) atoms. The van der Waals surface area contributed by atoms with Crippen LogP contribution in [0.4, 0.5) is 0 Å². The van der Waals surface area contributed by atoms with Crippen LogP contribution < -0.4 is 11.1 Å². The number of hydrogen-bond donors (Lipinski definition) is 2. The summed E-state index contributed by atoms with van der Waals surface area (Å²) in [5.41, 5.74) is 5.69. The number of nitrogens with one attached hydrogen (secondary N) is 1. The molecule has 2 unspecified atom stereocenters. The van der Waals surface area contributed by atoms with E-state index in [0.717, 1.165) is 6.42 Å². The maximum Gasteiger partial charge on any atom is 0.273 e. The number of ether oxygens (including phenoxy) is 1. The Morgan fingerprint density at radius 2 is 2.42 bits per heavy atom. The number of carbonyl (C=O) groups is 1. The maximum absolute atomic E-state index is 12.0. The molecule has 3 N–H and O–H groups in total. The predicted molar refractivity (Wildman–Crippen MR) is 69.5 cm³/mol. The molecule has 7 nitrogen and oxygen atoms in total. The van der Waals surface area contributed by atoms with E-state index in [-0.39, 0.29) is 23.5 Å². The lowest BCUT2D eigenvalue weighted by atomic mass is 9.64. The van der Waals surface area contributed by atoms with Gasteiger partial charge >= 0.3 is 0 Å². The fraction of sp³-hybridized carbons (Fsp3) is 0.750. The summed E-state index contributed by atoms with van der Waals surface area (Å²) in [5.74, 6) is -0.198. The summed E-state index contributed by atoms with van der Waals surface area (Å²) < 4.78 is 6.93. The van der Waals surface area contributed by atoms with Gasteiger partial charge in [0.05, 0.1) is 18.8 Å². The first-order valence-corrected chi connectivity index (χ1v) is 6.43. The second-order valence-corrected chi connectivity index (χ2v) is 5.46. The predicted octanol–water partition coefficient (Wildman–Crippen LogP) is -0.220. The summed E-state index contributed by atoms with van der Waals surface area (Å²) in [6.07, 6.45) is 2.62. The second-order valence-electron chi connectivity index (χ2n) is 5.46. The Morgan fingerprint density at radius 1 is 1.68 bits per heavy atom. The number of nitrogens with zero attached hydrogens (tertiary/aromatic N) is 3. The SMILES string of the molecule is COC1CC(NC(=O)c2cn(CCN)nn2)C1(C)C. The molecule has 2 rings (SSSR count). The van der Waals surface area contributed by atoms with Crippen molar-refractivity contribution >= 4 is 5.91 Å². The molecule has 1 aliphatic carbocycles. The lowest BCUT2D eigenvalue weighted by Crippen LogP contribution is -2.61. The third-order valence-corrected chi connectivity index (χ3v) is 3.90. The minimum Gasteiger partial charge on any atom is -0.381 e. The van der Waals surface area contributed by atoms with E-state index < -0.39 is 0 Å². The summed E-state index contributed by atoms with van der Waals surface area (Å²) >= 11 is 0. The molecule has 1 aromatic rings. The van der Waals surface area contributed by atoms with Gasteiger partial charge in [-0.05, 0) is 6.42 Å². The number of aromatic nitrogens is 3. The van der Waals surface area contributed by atoms with Crippen molar-refractivity contribution in [1.29, 1.82) is 0 Å². The molecule has 0 radical (unpaired) electrons. The molecular weight excluding hydrogens is 246 g/mol. The van der Waals surface area contributed by atoms with Crippen LogP contribution in [0.1, 0.15) is 30.8 Å². The molecule has 106 valence electrons. The van der Waals surface area contributed by atoms with E-state index in [1.807, 2.05) is 0 Å². The van der Waals surface area contributed by atoms with Crippen molar-refractivity contribution in [3.8, 4) is 0 Å². The summed E-state index contributed by atoms with van der Waals surface area (Å²) in [6.45, 7) is 5.19. The van der Waals surface area contributed by atoms with Gasteiger partial charge in [0.2, 0.25) is 0 Å². The van der Waals surface area contributed by atoms with E-state index in [2.05, 4.69) is 29.5 Å². The molecule has 0 spiro atoms. The van der Waals surface area contributed by atoms with Gasteiger partial charge in [0.15, 0.2) is 5.69 Å². The molecule has 1 fully saturated rings. The second kappa shape index (κ2) is 5.26. The van der Waals surface area contributed by atoms with Crippen molar-refractivity contribution in [2.24, 2.45) is 11.1 Å². The minimum absolute atomic E-state index is 0.0579. The van der Waals surface area contributed by atoms with Gasteiger partial charge in [-0.2, -0.15) is 0 Å². The van der Waals surface area contributed by atoms with Crippen molar-refractivity contribution < 1.29 is 9.53 Å². The Bertz CT molecular complexity index is 457. The van der Waals surface area contributed by atoms with Crippen LogP contribution in [0.15, 0.2) is 6.20 Å². The van der Waals surface area contributed by atoms with Crippen molar-refractivity contribution in [3.05, 3.63) is 11.9 Å². The smallest absolute Gasteiger partial charge is 0.273 e. The standard InChI is InChI=1S/C12H21N5O2/c1-12(2)9(6-10(12)19-3)14-11(18)8-7-17(5-4-13)16-15-8/h7,9-10H,4-6,13H2,1-3H3,(H,14,18). The van der Waals surface area contributed by atoms with E-state index in [4.69, 9.17) is 10.5 Å². The van der Waals surface area contributed by atoms with Crippen LogP contribution in [-0.4, -0.2) is 46.7 Å². The molecule has 1 aliphatic rings. The molecule has 1 heterocycles. The first kappa shape index (κ1) is 14.0. The zero-order chi connectivity index (χ0) is 14.0. The summed E-state index contributed by atoms with van der Waals surface area (Å²) in [7, 11) is 1.70. The average Bonchev–Trinajstić information content (AvgIpc) is 2.82. The van der Waals surface area contributed by atoms with Gasteiger partial charge in [0.25, 0.3) is 5.91 Å². The molecule has 7 heteroatoms. The lowest BCUT2D eigenvalue weighted by Gasteiger charge is -2.51. The number of nitrogens with two attached hydrogens (primary N) is 1. The Balaban J connectivity index is 1.94. The Hall–Kier alpha value is -1.47. The minimum atomic E-state index is -0.198. The molecule has 0 aliphatic heterocycles. The third-order valence-electron chi connectivity index (χ3n) is 3.90. The monoisotopic (exact) mass is 267 g/mol. The average molecular weight is 267 g/mol. The van der Waals surface area contributed by atoms with Gasteiger partial charge in [0.1, 0.15) is 0 Å². The Morgan fingerprint density at radius 3 is 3.00 bits per heavy atom. The summed E-state index contributed by atoms with van der Waals surface area (Å²) in [6, 6.07) is 0.101. The van der Waals surface area contributed by atoms with Crippen molar-refractivity contribution in [3.63, 3.8) is 0 Å². The normalized spacial score (nSPS) is 24.8. The van der Waals surface area contributed by atoms with Crippen molar-refractivity contribution in [1.82, 2.24) is 20.3 Å². The van der Waals surface area contributed by atoms with Gasteiger partial charge in [-0.25, -0.2) is 0 Å². The molecule has 1 amide bonds. The fourth-order valence-electron chi connectivity index (χ4n) is 2.41. The lowest BCUT2D eigenvalue weighted by molar-refractivity contribution is -0.0942. The van der Waals surface area contributed by atoms with Crippen LogP contribution in [0, 0.1) is 5.41 Å². The fourth-order valence-corrected chi connectivity index (χ4v) is 2.41. The molecule has 1 saturated carbocycles. The topological polar surface area (TPSA) is 95.1 Å². The number of rotatable bonds is 5. The largest absolute Gasteiger partial charge is 0.381 e. The van der Waals surface area contributed by atoms with Crippen molar-refractivity contribution in [2.45, 2.75) is 39.0 Å². The molecule has 0 bridgehead atoms. The van der Waals surface area contributed by atoms with Crippen LogP contribution in [0.3, 0.4) is 0 Å². The quantitative estimate of drug-likeness (QED) is 0.769. The maximum atomic E-state index is 12.0. The van der Waals surface area contributed by atoms with E-state index in [9.17, 15) is 4.79 Å². The first-order chi connectivity index (χ1) is 8.98. The van der Waals surface area contributed by atoms with E-state index in [1.165, 1.54) is 0 Å². The zero-order valence-corrected chi connectivity index (χ0v) is 11.6. The molecule has 0 saturated heterocycles. The highest BCUT2D eigenvalue weighted by atomic mass is 16.5. The summed E-state index contributed by atoms with van der Waals surface area (Å²) in [5, 5.41) is 10.7. The number of methoxy groups -OCH3 is 1. The van der Waals surface area contributed by atoms with Gasteiger partial charge in [-0.3, -0.25) is 9.48 Å². The van der Waals surface area contributed by atoms with E-state index in [0.29, 0.717) is 18.8 Å². The van der Waals surface area contributed by atoms with Crippen LogP contribution in [0.2, 0.25) is 0 Å². The van der Waals surface area contributed by atoms with Gasteiger partial charge in [0, 0.05) is 25.1 Å². The molecule has 0 aromatic carbocycles. The Kier molecular flexibility index (Phi) is 3.86. The van der Waals surface area contributed by atoms with Crippen LogP contribution in [0.5, 0.6) is 0 Å². The van der Waals surface area contributed by atoms with Gasteiger partial charge in [-0.1, -0.05) is 19.1 Å². The highest BCUT2D eigenvalue weighted by Gasteiger charge is 2.49. The van der Waals surface area contributed by atoms with Gasteiger partial charge in [-0.15, -0.1) is 5.10 Å². The number of carbonyl (C=O) groups excluding carboxylic acids is 1. The van der Waals surface area contributed by atoms with E-state index >= 15 is 0 Å². The number of amides is 1. The third kappa shape index (κ3) is 2.62. The highest BCUT2D eigenvalue weighted by Crippen LogP contribution is 2.42. The molecular formula is C12H21N5O2. The van der Waals surface area contributed by atoms with Crippen LogP contribution in [0.25, 0.3) is 0 Å². The van der Waals surface area contributed by atoms with Crippen LogP contribution in [-0.2, 0) is 11.3 Å². The first-order valence-electron chi connectivity index (χ1n) is 6.43.